The summed E-state index contributed by atoms with van der Waals surface area (Å²) in [6.07, 6.45) is 0. The molecule has 1 amide bonds. The highest BCUT2D eigenvalue weighted by Crippen LogP contribution is 2.32. The normalized spacial score (nSPS) is 11.7. The number of thiocarbonyl (C=S) groups is 1. The molecule has 0 fully saturated rings. The topological polar surface area (TPSA) is 126 Å². The van der Waals surface area contributed by atoms with Crippen molar-refractivity contribution >= 4 is 34.6 Å². The molecular weight excluding hydrogens is 350 g/mol. The number of hydrogen-bond acceptors (Lipinski definition) is 7. The van der Waals surface area contributed by atoms with Gasteiger partial charge in [-0.15, -0.1) is 0 Å². The molecule has 128 valence electrons. The Bertz CT molecular complexity index is 886. The second-order valence-corrected chi connectivity index (χ2v) is 5.32. The van der Waals surface area contributed by atoms with Crippen LogP contribution in [-0.4, -0.2) is 22.7 Å². The van der Waals surface area contributed by atoms with Crippen LogP contribution in [0.15, 0.2) is 36.4 Å². The van der Waals surface area contributed by atoms with Crippen LogP contribution in [0.2, 0.25) is 0 Å². The van der Waals surface area contributed by atoms with Crippen LogP contribution in [0, 0.1) is 10.1 Å². The highest BCUT2D eigenvalue weighted by Gasteiger charge is 2.17. The van der Waals surface area contributed by atoms with Gasteiger partial charge >= 0.3 is 0 Å². The molecule has 2 aromatic rings. The third-order valence-corrected chi connectivity index (χ3v) is 3.49. The predicted octanol–water partition coefficient (Wildman–Crippen LogP) is 1.52. The number of fused-ring (bicyclic) bond motifs is 1. The maximum Gasteiger partial charge on any atom is 0.271 e. The maximum atomic E-state index is 12.2. The van der Waals surface area contributed by atoms with Crippen molar-refractivity contribution < 1.29 is 24.3 Å². The number of rotatable bonds is 3. The van der Waals surface area contributed by atoms with Crippen molar-refractivity contribution in [3.63, 3.8) is 0 Å². The smallest absolute Gasteiger partial charge is 0.271 e. The minimum Gasteiger partial charge on any atom is -0.871 e. The van der Waals surface area contributed by atoms with Gasteiger partial charge in [0.2, 0.25) is 6.79 Å². The molecule has 9 nitrogen and oxygen atoms in total. The number of carbonyl (C=O) groups is 1. The number of benzene rings is 2. The Labute approximate surface area is 146 Å². The Morgan fingerprint density at radius 3 is 2.68 bits per heavy atom. The van der Waals surface area contributed by atoms with Gasteiger partial charge in [-0.3, -0.25) is 20.2 Å². The molecule has 2 N–H and O–H groups in total. The molecule has 0 spiro atoms. The summed E-state index contributed by atoms with van der Waals surface area (Å²) in [5, 5.41) is 27.2. The van der Waals surface area contributed by atoms with E-state index in [1.54, 1.807) is 6.07 Å². The Hall–Kier alpha value is -3.40. The number of nitrogens with zero attached hydrogens (tertiary/aromatic N) is 1. The highest BCUT2D eigenvalue weighted by molar-refractivity contribution is 7.80. The van der Waals surface area contributed by atoms with Gasteiger partial charge in [-0.1, -0.05) is 11.8 Å². The lowest BCUT2D eigenvalue weighted by Crippen LogP contribution is -2.34. The first-order valence-corrected chi connectivity index (χ1v) is 7.32. The fraction of sp³-hybridized carbons (Fsp3) is 0.0667. The zero-order chi connectivity index (χ0) is 18.0. The molecule has 0 saturated heterocycles. The molecule has 0 bridgehead atoms. The number of amides is 1. The lowest BCUT2D eigenvalue weighted by molar-refractivity contribution is -0.385. The van der Waals surface area contributed by atoms with Gasteiger partial charge in [-0.2, -0.15) is 0 Å². The molecular formula is C15H10N3O6S-. The summed E-state index contributed by atoms with van der Waals surface area (Å²) in [5.41, 5.74) is -0.105. The molecule has 0 saturated carbocycles. The van der Waals surface area contributed by atoms with Gasteiger partial charge in [-0.05, 0) is 30.4 Å². The third-order valence-electron chi connectivity index (χ3n) is 3.28. The highest BCUT2D eigenvalue weighted by atomic mass is 32.1. The molecule has 3 rings (SSSR count). The second kappa shape index (κ2) is 6.61. The lowest BCUT2D eigenvalue weighted by atomic mass is 10.2. The van der Waals surface area contributed by atoms with Crippen molar-refractivity contribution in [2.75, 3.05) is 12.1 Å². The molecule has 10 heteroatoms. The molecule has 0 atom stereocenters. The summed E-state index contributed by atoms with van der Waals surface area (Å²) in [6.45, 7) is 0.0828. The van der Waals surface area contributed by atoms with Crippen molar-refractivity contribution in [2.45, 2.75) is 0 Å². The van der Waals surface area contributed by atoms with E-state index in [0.29, 0.717) is 11.5 Å². The van der Waals surface area contributed by atoms with Gasteiger partial charge in [-0.25, -0.2) is 0 Å². The number of anilines is 1. The van der Waals surface area contributed by atoms with E-state index in [1.807, 2.05) is 0 Å². The number of carbonyl (C=O) groups excluding carboxylic acids is 1. The molecule has 2 aromatic carbocycles. The fourth-order valence-corrected chi connectivity index (χ4v) is 2.30. The molecule has 1 aliphatic rings. The summed E-state index contributed by atoms with van der Waals surface area (Å²) in [6, 6.07) is 7.78. The van der Waals surface area contributed by atoms with E-state index < -0.39 is 16.6 Å². The van der Waals surface area contributed by atoms with E-state index >= 15 is 0 Å². The van der Waals surface area contributed by atoms with Crippen LogP contribution < -0.4 is 25.2 Å². The van der Waals surface area contributed by atoms with E-state index in [0.717, 1.165) is 18.2 Å². The quantitative estimate of drug-likeness (QED) is 0.479. The largest absolute Gasteiger partial charge is 0.871 e. The number of nitro benzene ring substituents is 1. The predicted molar refractivity (Wildman–Crippen MR) is 88.8 cm³/mol. The third kappa shape index (κ3) is 3.58. The SMILES string of the molecule is O=C(NC(=S)Nc1cc([N+](=O)[O-])ccc1[O-])c1ccc2c(c1)OCO2. The first-order valence-electron chi connectivity index (χ1n) is 6.91. The first kappa shape index (κ1) is 16.5. The molecule has 1 heterocycles. The van der Waals surface area contributed by atoms with Gasteiger partial charge in [0.25, 0.3) is 11.6 Å². The van der Waals surface area contributed by atoms with Gasteiger partial charge in [0.05, 0.1) is 4.92 Å². The zero-order valence-corrected chi connectivity index (χ0v) is 13.3. The van der Waals surface area contributed by atoms with Crippen molar-refractivity contribution in [3.05, 3.63) is 52.1 Å². The van der Waals surface area contributed by atoms with Crippen molar-refractivity contribution in [1.29, 1.82) is 0 Å². The van der Waals surface area contributed by atoms with Crippen molar-refractivity contribution in [3.8, 4) is 17.2 Å². The van der Waals surface area contributed by atoms with E-state index in [1.165, 1.54) is 12.1 Å². The van der Waals surface area contributed by atoms with Crippen LogP contribution in [0.5, 0.6) is 17.2 Å². The van der Waals surface area contributed by atoms with Crippen molar-refractivity contribution in [1.82, 2.24) is 5.32 Å². The summed E-state index contributed by atoms with van der Waals surface area (Å²) >= 11 is 4.97. The monoisotopic (exact) mass is 360 g/mol. The van der Waals surface area contributed by atoms with E-state index in [4.69, 9.17) is 21.7 Å². The van der Waals surface area contributed by atoms with Crippen LogP contribution in [0.25, 0.3) is 0 Å². The second-order valence-electron chi connectivity index (χ2n) is 4.91. The first-order chi connectivity index (χ1) is 11.9. The van der Waals surface area contributed by atoms with Gasteiger partial charge in [0, 0.05) is 23.4 Å². The molecule has 0 unspecified atom stereocenters. The Kier molecular flexibility index (Phi) is 4.35. The molecule has 25 heavy (non-hydrogen) atoms. The molecule has 1 aliphatic heterocycles. The Morgan fingerprint density at radius 1 is 1.16 bits per heavy atom. The zero-order valence-electron chi connectivity index (χ0n) is 12.5. The standard InChI is InChI=1S/C15H11N3O6S/c19-11-3-2-9(18(21)22)6-10(11)16-15(25)17-14(20)8-1-4-12-13(5-8)24-7-23-12/h1-6,19H,7H2,(H2,16,17,20,25)/p-1. The maximum absolute atomic E-state index is 12.2. The minimum atomic E-state index is -0.640. The molecule has 0 aromatic heterocycles. The Balaban J connectivity index is 1.69. The average Bonchev–Trinajstić information content (AvgIpc) is 3.04. The van der Waals surface area contributed by atoms with E-state index in [-0.39, 0.29) is 28.8 Å². The van der Waals surface area contributed by atoms with E-state index in [9.17, 15) is 20.0 Å². The number of nitrogens with one attached hydrogen (secondary N) is 2. The number of non-ortho nitro benzene ring substituents is 1. The van der Waals surface area contributed by atoms with Crippen LogP contribution >= 0.6 is 12.2 Å². The Morgan fingerprint density at radius 2 is 1.92 bits per heavy atom. The molecule has 0 radical (unpaired) electrons. The number of nitro groups is 1. The fourth-order valence-electron chi connectivity index (χ4n) is 2.10. The summed E-state index contributed by atoms with van der Waals surface area (Å²) in [5.74, 6) is -0.0594. The average molecular weight is 360 g/mol. The van der Waals surface area contributed by atoms with Crippen LogP contribution in [0.3, 0.4) is 0 Å². The van der Waals surface area contributed by atoms with Crippen molar-refractivity contribution in [2.24, 2.45) is 0 Å². The van der Waals surface area contributed by atoms with E-state index in [2.05, 4.69) is 10.6 Å². The summed E-state index contributed by atoms with van der Waals surface area (Å²) in [7, 11) is 0. The lowest BCUT2D eigenvalue weighted by Gasteiger charge is -2.16. The van der Waals surface area contributed by atoms with Gasteiger partial charge in [0.1, 0.15) is 0 Å². The van der Waals surface area contributed by atoms with Gasteiger partial charge < -0.3 is 19.9 Å². The minimum absolute atomic E-state index is 0.0828. The van der Waals surface area contributed by atoms with Crippen LogP contribution in [-0.2, 0) is 0 Å². The number of hydrogen-bond donors (Lipinski definition) is 2. The van der Waals surface area contributed by atoms with Gasteiger partial charge in [0.15, 0.2) is 16.6 Å². The summed E-state index contributed by atoms with van der Waals surface area (Å²) < 4.78 is 10.3. The summed E-state index contributed by atoms with van der Waals surface area (Å²) in [4.78, 5) is 22.3. The molecule has 0 aliphatic carbocycles. The number of ether oxygens (including phenoxy) is 2. The van der Waals surface area contributed by atoms with Crippen LogP contribution in [0.4, 0.5) is 11.4 Å². The van der Waals surface area contributed by atoms with Crippen LogP contribution in [0.1, 0.15) is 10.4 Å².